The number of hydrogen-bond donors (Lipinski definition) is 0. The first-order valence-electron chi connectivity index (χ1n) is 5.68. The van der Waals surface area contributed by atoms with Gasteiger partial charge in [0.1, 0.15) is 12.5 Å². The van der Waals surface area contributed by atoms with E-state index >= 15 is 0 Å². The summed E-state index contributed by atoms with van der Waals surface area (Å²) < 4.78 is 9.43. The van der Waals surface area contributed by atoms with Gasteiger partial charge < -0.3 is 9.47 Å². The van der Waals surface area contributed by atoms with Crippen molar-refractivity contribution in [3.05, 3.63) is 12.7 Å². The van der Waals surface area contributed by atoms with Gasteiger partial charge in [-0.25, -0.2) is 4.79 Å². The minimum absolute atomic E-state index is 0.0939. The van der Waals surface area contributed by atoms with E-state index in [0.29, 0.717) is 6.54 Å². The SMILES string of the molecule is C=CCOC(=O)N1CCC(C(=O)OC)C(=O)[C@H]1C. The molecule has 1 amide bonds. The fraction of sp³-hybridized carbons (Fsp3) is 0.583. The Morgan fingerprint density at radius 1 is 1.56 bits per heavy atom. The van der Waals surface area contributed by atoms with E-state index in [2.05, 4.69) is 11.3 Å². The number of ether oxygens (including phenoxy) is 2. The first-order valence-corrected chi connectivity index (χ1v) is 5.68. The molecule has 0 radical (unpaired) electrons. The van der Waals surface area contributed by atoms with Gasteiger partial charge in [0.15, 0.2) is 5.78 Å². The predicted molar refractivity (Wildman–Crippen MR) is 62.8 cm³/mol. The van der Waals surface area contributed by atoms with Crippen molar-refractivity contribution in [2.45, 2.75) is 19.4 Å². The van der Waals surface area contributed by atoms with E-state index in [4.69, 9.17) is 4.74 Å². The van der Waals surface area contributed by atoms with Gasteiger partial charge in [-0.2, -0.15) is 0 Å². The van der Waals surface area contributed by atoms with E-state index in [9.17, 15) is 14.4 Å². The Kier molecular flexibility index (Phi) is 4.88. The molecular weight excluding hydrogens is 238 g/mol. The highest BCUT2D eigenvalue weighted by Crippen LogP contribution is 2.21. The number of hydrogen-bond acceptors (Lipinski definition) is 5. The van der Waals surface area contributed by atoms with Crippen molar-refractivity contribution in [3.8, 4) is 0 Å². The largest absolute Gasteiger partial charge is 0.468 e. The minimum atomic E-state index is -0.784. The third-order valence-electron chi connectivity index (χ3n) is 2.93. The van der Waals surface area contributed by atoms with Crippen LogP contribution in [0, 0.1) is 5.92 Å². The molecule has 100 valence electrons. The number of nitrogens with zero attached hydrogens (tertiary/aromatic N) is 1. The Morgan fingerprint density at radius 3 is 2.78 bits per heavy atom. The summed E-state index contributed by atoms with van der Waals surface area (Å²) in [5.41, 5.74) is 0. The summed E-state index contributed by atoms with van der Waals surface area (Å²) in [7, 11) is 1.24. The maximum absolute atomic E-state index is 11.9. The van der Waals surface area contributed by atoms with Crippen LogP contribution in [0.5, 0.6) is 0 Å². The molecular formula is C12H17NO5. The Labute approximate surface area is 106 Å². The molecule has 0 spiro atoms. The molecule has 0 aromatic carbocycles. The van der Waals surface area contributed by atoms with Gasteiger partial charge in [-0.3, -0.25) is 14.5 Å². The number of Topliss-reactive ketones (excluding diaryl/α,β-unsaturated/α-hetero) is 1. The zero-order valence-corrected chi connectivity index (χ0v) is 10.5. The summed E-state index contributed by atoms with van der Waals surface area (Å²) in [4.78, 5) is 36.3. The topological polar surface area (TPSA) is 72.9 Å². The minimum Gasteiger partial charge on any atom is -0.468 e. The van der Waals surface area contributed by atoms with Crippen molar-refractivity contribution in [3.63, 3.8) is 0 Å². The van der Waals surface area contributed by atoms with E-state index in [1.54, 1.807) is 6.92 Å². The van der Waals surface area contributed by atoms with Crippen LogP contribution in [0.3, 0.4) is 0 Å². The van der Waals surface area contributed by atoms with Crippen molar-refractivity contribution in [2.75, 3.05) is 20.3 Å². The van der Waals surface area contributed by atoms with Crippen molar-refractivity contribution in [1.82, 2.24) is 4.90 Å². The molecule has 0 aromatic heterocycles. The smallest absolute Gasteiger partial charge is 0.410 e. The van der Waals surface area contributed by atoms with E-state index in [0.717, 1.165) is 0 Å². The van der Waals surface area contributed by atoms with Gasteiger partial charge in [0.2, 0.25) is 0 Å². The molecule has 0 saturated carbocycles. The number of rotatable bonds is 3. The molecule has 6 nitrogen and oxygen atoms in total. The second kappa shape index (κ2) is 6.18. The van der Waals surface area contributed by atoms with Crippen molar-refractivity contribution >= 4 is 17.8 Å². The predicted octanol–water partition coefficient (Wildman–Crippen LogP) is 0.762. The van der Waals surface area contributed by atoms with Crippen molar-refractivity contribution < 1.29 is 23.9 Å². The molecule has 1 saturated heterocycles. The van der Waals surface area contributed by atoms with Gasteiger partial charge in [-0.1, -0.05) is 12.7 Å². The van der Waals surface area contributed by atoms with Gasteiger partial charge in [0, 0.05) is 6.54 Å². The van der Waals surface area contributed by atoms with Crippen LogP contribution in [-0.4, -0.2) is 49.0 Å². The van der Waals surface area contributed by atoms with Gasteiger partial charge in [-0.05, 0) is 13.3 Å². The number of esters is 1. The normalized spacial score (nSPS) is 23.4. The lowest BCUT2D eigenvalue weighted by molar-refractivity contribution is -0.153. The molecule has 2 atom stereocenters. The van der Waals surface area contributed by atoms with Crippen molar-refractivity contribution in [1.29, 1.82) is 0 Å². The Hall–Kier alpha value is -1.85. The molecule has 6 heteroatoms. The lowest BCUT2D eigenvalue weighted by Gasteiger charge is -2.34. The molecule has 1 unspecified atom stereocenters. The van der Waals surface area contributed by atoms with Crippen LogP contribution in [0.15, 0.2) is 12.7 Å². The maximum Gasteiger partial charge on any atom is 0.410 e. The van der Waals surface area contributed by atoms with E-state index in [-0.39, 0.29) is 18.8 Å². The second-order valence-corrected chi connectivity index (χ2v) is 4.00. The number of amides is 1. The zero-order chi connectivity index (χ0) is 13.7. The van der Waals surface area contributed by atoms with Gasteiger partial charge in [0.05, 0.1) is 13.2 Å². The standard InChI is InChI=1S/C12H17NO5/c1-4-7-18-12(16)13-6-5-9(11(15)17-3)10(14)8(13)2/h4,8-9H,1,5-7H2,2-3H3/t8-,9?/m1/s1. The highest BCUT2D eigenvalue weighted by molar-refractivity contribution is 6.03. The van der Waals surface area contributed by atoms with E-state index in [1.807, 2.05) is 0 Å². The Bertz CT molecular complexity index is 365. The summed E-state index contributed by atoms with van der Waals surface area (Å²) >= 11 is 0. The summed E-state index contributed by atoms with van der Waals surface area (Å²) in [5.74, 6) is -1.65. The number of ketones is 1. The third-order valence-corrected chi connectivity index (χ3v) is 2.93. The van der Waals surface area contributed by atoms with E-state index in [1.165, 1.54) is 18.1 Å². The van der Waals surface area contributed by atoms with Crippen LogP contribution in [0.2, 0.25) is 0 Å². The molecule has 0 aliphatic carbocycles. The highest BCUT2D eigenvalue weighted by atomic mass is 16.6. The lowest BCUT2D eigenvalue weighted by Crippen LogP contribution is -2.52. The van der Waals surface area contributed by atoms with Crippen LogP contribution in [0.25, 0.3) is 0 Å². The highest BCUT2D eigenvalue weighted by Gasteiger charge is 2.40. The summed E-state index contributed by atoms with van der Waals surface area (Å²) in [6, 6.07) is -0.680. The van der Waals surface area contributed by atoms with Crippen LogP contribution < -0.4 is 0 Å². The number of carbonyl (C=O) groups is 3. The maximum atomic E-state index is 11.9. The first-order chi connectivity index (χ1) is 8.52. The number of likely N-dealkylation sites (tertiary alicyclic amines) is 1. The average Bonchev–Trinajstić information content (AvgIpc) is 2.38. The monoisotopic (exact) mass is 255 g/mol. The van der Waals surface area contributed by atoms with Crippen LogP contribution >= 0.6 is 0 Å². The first kappa shape index (κ1) is 14.2. The summed E-state index contributed by atoms with van der Waals surface area (Å²) in [6.07, 6.45) is 1.14. The fourth-order valence-electron chi connectivity index (χ4n) is 1.89. The summed E-state index contributed by atoms with van der Waals surface area (Å²) in [6.45, 7) is 5.40. The average molecular weight is 255 g/mol. The quantitative estimate of drug-likeness (QED) is 0.423. The number of methoxy groups -OCH3 is 1. The molecule has 18 heavy (non-hydrogen) atoms. The fourth-order valence-corrected chi connectivity index (χ4v) is 1.89. The molecule has 1 fully saturated rings. The molecule has 1 aliphatic rings. The molecule has 1 heterocycles. The summed E-state index contributed by atoms with van der Waals surface area (Å²) in [5, 5.41) is 0. The third kappa shape index (κ3) is 2.88. The number of carbonyl (C=O) groups excluding carboxylic acids is 3. The Balaban J connectivity index is 2.68. The van der Waals surface area contributed by atoms with Gasteiger partial charge >= 0.3 is 12.1 Å². The Morgan fingerprint density at radius 2 is 2.22 bits per heavy atom. The molecule has 1 aliphatic heterocycles. The van der Waals surface area contributed by atoms with E-state index < -0.39 is 24.0 Å². The molecule has 0 bridgehead atoms. The number of piperidine rings is 1. The van der Waals surface area contributed by atoms with Crippen LogP contribution in [0.1, 0.15) is 13.3 Å². The molecule has 1 rings (SSSR count). The second-order valence-electron chi connectivity index (χ2n) is 4.00. The van der Waals surface area contributed by atoms with Crippen molar-refractivity contribution in [2.24, 2.45) is 5.92 Å². The van der Waals surface area contributed by atoms with Gasteiger partial charge in [0.25, 0.3) is 0 Å². The van der Waals surface area contributed by atoms with Crippen LogP contribution in [0.4, 0.5) is 4.79 Å². The lowest BCUT2D eigenvalue weighted by atomic mass is 9.90. The van der Waals surface area contributed by atoms with Crippen LogP contribution in [-0.2, 0) is 19.1 Å². The van der Waals surface area contributed by atoms with Gasteiger partial charge in [-0.15, -0.1) is 0 Å². The molecule has 0 N–H and O–H groups in total. The zero-order valence-electron chi connectivity index (χ0n) is 10.5. The molecule has 0 aromatic rings.